The van der Waals surface area contributed by atoms with Gasteiger partial charge in [-0.25, -0.2) is 8.42 Å². The molecule has 0 amide bonds. The molecule has 0 aliphatic heterocycles. The molecule has 0 aliphatic carbocycles. The molecule has 0 aliphatic rings. The molecule has 0 radical (unpaired) electrons. The zero-order valence-corrected chi connectivity index (χ0v) is 11.0. The molecule has 5 nitrogen and oxygen atoms in total. The molecule has 0 saturated heterocycles. The molecule has 0 aromatic heterocycles. The van der Waals surface area contributed by atoms with Crippen LogP contribution in [0.25, 0.3) is 0 Å². The Balaban J connectivity index is 3.09. The van der Waals surface area contributed by atoms with Gasteiger partial charge in [0, 0.05) is 17.9 Å². The van der Waals surface area contributed by atoms with Crippen LogP contribution in [0.4, 0.5) is 0 Å². The van der Waals surface area contributed by atoms with Gasteiger partial charge < -0.3 is 15.2 Å². The zero-order valence-electron chi connectivity index (χ0n) is 10.1. The third kappa shape index (κ3) is 3.90. The number of methoxy groups -OCH3 is 2. The Labute approximate surface area is 101 Å². The van der Waals surface area contributed by atoms with Crippen LogP contribution in [-0.2, 0) is 9.84 Å². The molecule has 1 unspecified atom stereocenters. The average Bonchev–Trinajstić information content (AvgIpc) is 2.25. The van der Waals surface area contributed by atoms with Crippen molar-refractivity contribution in [2.75, 3.05) is 26.2 Å². The van der Waals surface area contributed by atoms with Gasteiger partial charge in [0.15, 0.2) is 0 Å². The fourth-order valence-electron chi connectivity index (χ4n) is 1.55. The molecule has 0 heterocycles. The Morgan fingerprint density at radius 1 is 1.29 bits per heavy atom. The van der Waals surface area contributed by atoms with Gasteiger partial charge in [0.2, 0.25) is 0 Å². The van der Waals surface area contributed by atoms with E-state index >= 15 is 0 Å². The first-order valence-electron chi connectivity index (χ1n) is 5.02. The number of hydrogen-bond donors (Lipinski definition) is 1. The lowest BCUT2D eigenvalue weighted by atomic mass is 10.1. The summed E-state index contributed by atoms with van der Waals surface area (Å²) in [6.45, 7) is 0. The number of hydrogen-bond acceptors (Lipinski definition) is 5. The Bertz CT molecular complexity index is 484. The molecule has 1 rings (SSSR count). The highest BCUT2D eigenvalue weighted by atomic mass is 32.2. The van der Waals surface area contributed by atoms with E-state index in [4.69, 9.17) is 15.2 Å². The van der Waals surface area contributed by atoms with E-state index in [0.717, 1.165) is 6.26 Å². The minimum Gasteiger partial charge on any atom is -0.497 e. The van der Waals surface area contributed by atoms with Crippen molar-refractivity contribution in [2.24, 2.45) is 5.73 Å². The minimum absolute atomic E-state index is 0.128. The van der Waals surface area contributed by atoms with Crippen molar-refractivity contribution in [1.82, 2.24) is 0 Å². The maximum absolute atomic E-state index is 11.2. The molecule has 0 saturated carbocycles. The van der Waals surface area contributed by atoms with Crippen LogP contribution in [0, 0.1) is 0 Å². The summed E-state index contributed by atoms with van der Waals surface area (Å²) in [5, 5.41) is 0. The van der Waals surface area contributed by atoms with Crippen molar-refractivity contribution in [3.63, 3.8) is 0 Å². The Hall–Kier alpha value is -1.27. The molecule has 1 atom stereocenters. The van der Waals surface area contributed by atoms with Crippen LogP contribution in [0.1, 0.15) is 11.6 Å². The number of rotatable bonds is 5. The molecular weight excluding hydrogens is 242 g/mol. The SMILES string of the molecule is COc1ccc(OC)c(C(N)CS(C)(=O)=O)c1. The van der Waals surface area contributed by atoms with Crippen LogP contribution < -0.4 is 15.2 Å². The largest absolute Gasteiger partial charge is 0.497 e. The molecule has 96 valence electrons. The second kappa shape index (κ2) is 5.37. The predicted octanol–water partition coefficient (Wildman–Crippen LogP) is 0.748. The van der Waals surface area contributed by atoms with Gasteiger partial charge in [-0.05, 0) is 18.2 Å². The maximum Gasteiger partial charge on any atom is 0.149 e. The summed E-state index contributed by atoms with van der Waals surface area (Å²) in [6, 6.07) is 4.50. The Morgan fingerprint density at radius 2 is 1.94 bits per heavy atom. The fraction of sp³-hybridized carbons (Fsp3) is 0.455. The fourth-order valence-corrected chi connectivity index (χ4v) is 2.38. The molecule has 0 bridgehead atoms. The lowest BCUT2D eigenvalue weighted by molar-refractivity contribution is 0.396. The van der Waals surface area contributed by atoms with Crippen LogP contribution in [0.3, 0.4) is 0 Å². The van der Waals surface area contributed by atoms with E-state index in [1.54, 1.807) is 18.2 Å². The molecular formula is C11H17NO4S. The van der Waals surface area contributed by atoms with Gasteiger partial charge in [-0.3, -0.25) is 0 Å². The highest BCUT2D eigenvalue weighted by Crippen LogP contribution is 2.28. The van der Waals surface area contributed by atoms with Gasteiger partial charge in [0.25, 0.3) is 0 Å². The molecule has 2 N–H and O–H groups in total. The van der Waals surface area contributed by atoms with Gasteiger partial charge in [0.1, 0.15) is 21.3 Å². The van der Waals surface area contributed by atoms with E-state index in [1.165, 1.54) is 14.2 Å². The van der Waals surface area contributed by atoms with Crippen LogP contribution >= 0.6 is 0 Å². The molecule has 1 aromatic carbocycles. The Morgan fingerprint density at radius 3 is 2.41 bits per heavy atom. The first kappa shape index (κ1) is 13.8. The van der Waals surface area contributed by atoms with Gasteiger partial charge in [-0.1, -0.05) is 0 Å². The molecule has 17 heavy (non-hydrogen) atoms. The highest BCUT2D eigenvalue weighted by Gasteiger charge is 2.17. The Kier molecular flexibility index (Phi) is 4.36. The predicted molar refractivity (Wildman–Crippen MR) is 66.2 cm³/mol. The van der Waals surface area contributed by atoms with E-state index in [2.05, 4.69) is 0 Å². The van der Waals surface area contributed by atoms with Crippen molar-refractivity contribution in [1.29, 1.82) is 0 Å². The first-order chi connectivity index (χ1) is 7.87. The number of benzene rings is 1. The summed E-state index contributed by atoms with van der Waals surface area (Å²) in [5.74, 6) is 1.04. The standard InChI is InChI=1S/C11H17NO4S/c1-15-8-4-5-11(16-2)9(6-8)10(12)7-17(3,13)14/h4-6,10H,7,12H2,1-3H3. The van der Waals surface area contributed by atoms with Gasteiger partial charge >= 0.3 is 0 Å². The zero-order chi connectivity index (χ0) is 13.1. The molecule has 1 aromatic rings. The van der Waals surface area contributed by atoms with Crippen molar-refractivity contribution in [2.45, 2.75) is 6.04 Å². The quantitative estimate of drug-likeness (QED) is 0.844. The smallest absolute Gasteiger partial charge is 0.149 e. The lowest BCUT2D eigenvalue weighted by Gasteiger charge is -2.15. The van der Waals surface area contributed by atoms with Crippen molar-refractivity contribution >= 4 is 9.84 Å². The minimum atomic E-state index is -3.14. The van der Waals surface area contributed by atoms with E-state index in [9.17, 15) is 8.42 Å². The summed E-state index contributed by atoms with van der Waals surface area (Å²) in [6.07, 6.45) is 1.15. The number of nitrogens with two attached hydrogens (primary N) is 1. The first-order valence-corrected chi connectivity index (χ1v) is 7.08. The summed E-state index contributed by atoms with van der Waals surface area (Å²) < 4.78 is 32.7. The van der Waals surface area contributed by atoms with E-state index in [1.807, 2.05) is 0 Å². The highest BCUT2D eigenvalue weighted by molar-refractivity contribution is 7.90. The van der Waals surface area contributed by atoms with Crippen molar-refractivity contribution in [3.8, 4) is 11.5 Å². The summed E-state index contributed by atoms with van der Waals surface area (Å²) in [7, 11) is -0.0897. The number of ether oxygens (including phenoxy) is 2. The monoisotopic (exact) mass is 259 g/mol. The van der Waals surface area contributed by atoms with E-state index < -0.39 is 15.9 Å². The summed E-state index contributed by atoms with van der Waals surface area (Å²) in [5.41, 5.74) is 6.49. The summed E-state index contributed by atoms with van der Waals surface area (Å²) in [4.78, 5) is 0. The van der Waals surface area contributed by atoms with Crippen LogP contribution in [0.2, 0.25) is 0 Å². The normalized spacial score (nSPS) is 13.2. The van der Waals surface area contributed by atoms with Gasteiger partial charge in [-0.2, -0.15) is 0 Å². The third-order valence-corrected chi connectivity index (χ3v) is 3.28. The maximum atomic E-state index is 11.2. The van der Waals surface area contributed by atoms with Gasteiger partial charge in [-0.15, -0.1) is 0 Å². The van der Waals surface area contributed by atoms with Crippen LogP contribution in [-0.4, -0.2) is 34.6 Å². The van der Waals surface area contributed by atoms with Crippen molar-refractivity contribution < 1.29 is 17.9 Å². The van der Waals surface area contributed by atoms with Crippen molar-refractivity contribution in [3.05, 3.63) is 23.8 Å². The van der Waals surface area contributed by atoms with Crippen LogP contribution in [0.5, 0.6) is 11.5 Å². The second-order valence-corrected chi connectivity index (χ2v) is 5.99. The summed E-state index contributed by atoms with van der Waals surface area (Å²) >= 11 is 0. The molecule has 0 spiro atoms. The van der Waals surface area contributed by atoms with E-state index in [0.29, 0.717) is 17.1 Å². The molecule has 0 fully saturated rings. The second-order valence-electron chi connectivity index (χ2n) is 3.81. The van der Waals surface area contributed by atoms with E-state index in [-0.39, 0.29) is 5.75 Å². The third-order valence-electron chi connectivity index (χ3n) is 2.32. The lowest BCUT2D eigenvalue weighted by Crippen LogP contribution is -2.21. The molecule has 6 heteroatoms. The topological polar surface area (TPSA) is 78.6 Å². The average molecular weight is 259 g/mol. The number of sulfone groups is 1. The van der Waals surface area contributed by atoms with Gasteiger partial charge in [0.05, 0.1) is 20.0 Å². The van der Waals surface area contributed by atoms with Crippen LogP contribution in [0.15, 0.2) is 18.2 Å².